The molecule has 0 heterocycles. The highest BCUT2D eigenvalue weighted by Gasteiger charge is 2.24. The van der Waals surface area contributed by atoms with Crippen molar-refractivity contribution in [2.75, 3.05) is 19.0 Å². The molecule has 6 heteroatoms. The molecule has 94 valence electrons. The van der Waals surface area contributed by atoms with Crippen LogP contribution in [0.15, 0.2) is 18.2 Å². The summed E-state index contributed by atoms with van der Waals surface area (Å²) in [5.74, 6) is 0.229. The maximum absolute atomic E-state index is 11.0. The van der Waals surface area contributed by atoms with E-state index in [1.54, 1.807) is 18.2 Å². The molecule has 0 aliphatic rings. The second-order valence-corrected chi connectivity index (χ2v) is 4.33. The van der Waals surface area contributed by atoms with E-state index in [0.717, 1.165) is 0 Å². The molecule has 1 rings (SSSR count). The number of hydrogen-bond donors (Lipinski definition) is 2. The molecule has 1 aromatic rings. The van der Waals surface area contributed by atoms with Crippen molar-refractivity contribution in [3.8, 4) is 5.75 Å². The van der Waals surface area contributed by atoms with Gasteiger partial charge in [-0.05, 0) is 26.0 Å². The summed E-state index contributed by atoms with van der Waals surface area (Å²) in [6, 6.07) is 4.89. The topological polar surface area (TPSA) is 90.4 Å². The molecule has 0 saturated carbocycles. The van der Waals surface area contributed by atoms with Gasteiger partial charge in [-0.15, -0.1) is 0 Å². The Kier molecular flexibility index (Phi) is 3.90. The summed E-state index contributed by atoms with van der Waals surface area (Å²) in [6.07, 6.45) is 0. The van der Waals surface area contributed by atoms with Crippen LogP contribution < -0.4 is 15.8 Å². The molecule has 3 N–H and O–H groups in total. The smallest absolute Gasteiger partial charge is 0.333 e. The van der Waals surface area contributed by atoms with E-state index in [2.05, 4.69) is 5.32 Å². The summed E-state index contributed by atoms with van der Waals surface area (Å²) in [7, 11) is 1.40. The van der Waals surface area contributed by atoms with E-state index in [0.29, 0.717) is 12.2 Å². The van der Waals surface area contributed by atoms with Gasteiger partial charge in [0.25, 0.3) is 0 Å². The maximum atomic E-state index is 11.0. The quantitative estimate of drug-likeness (QED) is 0.603. The Bertz CT molecular complexity index is 418. The molecule has 0 fully saturated rings. The highest BCUT2D eigenvalue weighted by molar-refractivity contribution is 5.69. The van der Waals surface area contributed by atoms with Crippen molar-refractivity contribution in [2.45, 2.75) is 19.4 Å². The van der Waals surface area contributed by atoms with E-state index in [4.69, 9.17) is 10.5 Å². The van der Waals surface area contributed by atoms with Crippen molar-refractivity contribution < 1.29 is 9.66 Å². The largest absolute Gasteiger partial charge is 0.490 e. The first-order chi connectivity index (χ1) is 7.91. The molecule has 0 atom stereocenters. The van der Waals surface area contributed by atoms with Crippen molar-refractivity contribution in [1.82, 2.24) is 0 Å². The molecule has 0 bridgehead atoms. The number of hydrogen-bond acceptors (Lipinski definition) is 5. The minimum absolute atomic E-state index is 0.0727. The van der Waals surface area contributed by atoms with Crippen molar-refractivity contribution in [3.63, 3.8) is 0 Å². The van der Waals surface area contributed by atoms with Crippen LogP contribution >= 0.6 is 0 Å². The van der Waals surface area contributed by atoms with Gasteiger partial charge in [0.05, 0.1) is 12.0 Å². The zero-order valence-corrected chi connectivity index (χ0v) is 10.2. The Labute approximate surface area is 99.9 Å². The Morgan fingerprint density at radius 2 is 2.18 bits per heavy atom. The third-order valence-electron chi connectivity index (χ3n) is 2.38. The molecule has 17 heavy (non-hydrogen) atoms. The van der Waals surface area contributed by atoms with Crippen LogP contribution in [-0.4, -0.2) is 24.1 Å². The Morgan fingerprint density at radius 1 is 1.53 bits per heavy atom. The van der Waals surface area contributed by atoms with Crippen LogP contribution in [0.1, 0.15) is 13.8 Å². The fraction of sp³-hybridized carbons (Fsp3) is 0.455. The Hall–Kier alpha value is -1.82. The lowest BCUT2D eigenvalue weighted by atomic mass is 10.1. The first kappa shape index (κ1) is 13.2. The predicted molar refractivity (Wildman–Crippen MR) is 66.4 cm³/mol. The molecule has 0 amide bonds. The minimum atomic E-state index is -0.465. The number of benzene rings is 1. The molecule has 0 aliphatic carbocycles. The Balaban J connectivity index is 3.19. The Morgan fingerprint density at radius 3 is 2.65 bits per heavy atom. The summed E-state index contributed by atoms with van der Waals surface area (Å²) >= 11 is 0. The number of nitrogens with two attached hydrogens (primary N) is 1. The van der Waals surface area contributed by atoms with Gasteiger partial charge in [-0.2, -0.15) is 0 Å². The molecule has 6 nitrogen and oxygen atoms in total. The fourth-order valence-corrected chi connectivity index (χ4v) is 1.39. The number of methoxy groups -OCH3 is 1. The van der Waals surface area contributed by atoms with Gasteiger partial charge in [-0.25, -0.2) is 0 Å². The van der Waals surface area contributed by atoms with Crippen LogP contribution in [0.5, 0.6) is 5.75 Å². The van der Waals surface area contributed by atoms with Crippen molar-refractivity contribution in [3.05, 3.63) is 28.3 Å². The number of rotatable bonds is 5. The monoisotopic (exact) mass is 239 g/mol. The molecular formula is C11H17N3O3. The van der Waals surface area contributed by atoms with Crippen LogP contribution in [0.25, 0.3) is 0 Å². The molecule has 0 aromatic heterocycles. The van der Waals surface area contributed by atoms with Gasteiger partial charge >= 0.3 is 5.69 Å². The number of anilines is 1. The minimum Gasteiger partial charge on any atom is -0.490 e. The summed E-state index contributed by atoms with van der Waals surface area (Å²) in [4.78, 5) is 10.6. The van der Waals surface area contributed by atoms with Gasteiger partial charge in [0, 0.05) is 12.1 Å². The lowest BCUT2D eigenvalue weighted by Crippen LogP contribution is -2.39. The molecule has 0 aliphatic heterocycles. The maximum Gasteiger partial charge on any atom is 0.333 e. The van der Waals surface area contributed by atoms with Gasteiger partial charge in [-0.1, -0.05) is 6.07 Å². The van der Waals surface area contributed by atoms with Crippen LogP contribution in [0.4, 0.5) is 11.4 Å². The van der Waals surface area contributed by atoms with E-state index in [9.17, 15) is 10.1 Å². The molecule has 0 saturated heterocycles. The zero-order chi connectivity index (χ0) is 13.1. The standard InChI is InChI=1S/C11H17N3O3/c1-11(2,7-12)13-8-5-4-6-9(17-3)10(8)14(15)16/h4-6,13H,7,12H2,1-3H3. The number of nitrogens with one attached hydrogen (secondary N) is 1. The van der Waals surface area contributed by atoms with Crippen molar-refractivity contribution in [1.29, 1.82) is 0 Å². The molecule has 0 spiro atoms. The molecule has 0 radical (unpaired) electrons. The molecular weight excluding hydrogens is 222 g/mol. The summed E-state index contributed by atoms with van der Waals surface area (Å²) < 4.78 is 4.98. The van der Waals surface area contributed by atoms with Crippen molar-refractivity contribution in [2.24, 2.45) is 5.73 Å². The average Bonchev–Trinajstić information content (AvgIpc) is 2.27. The lowest BCUT2D eigenvalue weighted by Gasteiger charge is -2.25. The van der Waals surface area contributed by atoms with E-state index in [-0.39, 0.29) is 11.4 Å². The van der Waals surface area contributed by atoms with E-state index >= 15 is 0 Å². The number of para-hydroxylation sites is 1. The highest BCUT2D eigenvalue weighted by Crippen LogP contribution is 2.35. The van der Waals surface area contributed by atoms with Gasteiger partial charge in [0.1, 0.15) is 5.69 Å². The summed E-state index contributed by atoms with van der Waals surface area (Å²) in [6.45, 7) is 4.10. The van der Waals surface area contributed by atoms with Gasteiger partial charge in [0.15, 0.2) is 5.75 Å². The normalized spacial score (nSPS) is 11.1. The third-order valence-corrected chi connectivity index (χ3v) is 2.38. The fourth-order valence-electron chi connectivity index (χ4n) is 1.39. The van der Waals surface area contributed by atoms with Crippen LogP contribution in [0, 0.1) is 10.1 Å². The third kappa shape index (κ3) is 3.07. The van der Waals surface area contributed by atoms with E-state index < -0.39 is 10.5 Å². The second kappa shape index (κ2) is 5.01. The zero-order valence-electron chi connectivity index (χ0n) is 10.2. The first-order valence-electron chi connectivity index (χ1n) is 5.21. The number of nitro benzene ring substituents is 1. The van der Waals surface area contributed by atoms with Crippen LogP contribution in [-0.2, 0) is 0 Å². The van der Waals surface area contributed by atoms with E-state index in [1.807, 2.05) is 13.8 Å². The highest BCUT2D eigenvalue weighted by atomic mass is 16.6. The second-order valence-electron chi connectivity index (χ2n) is 4.33. The number of nitro groups is 1. The molecule has 1 aromatic carbocycles. The SMILES string of the molecule is COc1cccc(NC(C)(C)CN)c1[N+](=O)[O-]. The van der Waals surface area contributed by atoms with Crippen LogP contribution in [0.3, 0.4) is 0 Å². The van der Waals surface area contributed by atoms with Gasteiger partial charge < -0.3 is 15.8 Å². The summed E-state index contributed by atoms with van der Waals surface area (Å²) in [5.41, 5.74) is 5.50. The lowest BCUT2D eigenvalue weighted by molar-refractivity contribution is -0.384. The molecule has 0 unspecified atom stereocenters. The summed E-state index contributed by atoms with van der Waals surface area (Å²) in [5, 5.41) is 14.1. The number of ether oxygens (including phenoxy) is 1. The van der Waals surface area contributed by atoms with Crippen molar-refractivity contribution >= 4 is 11.4 Å². The van der Waals surface area contributed by atoms with Gasteiger partial charge in [0.2, 0.25) is 0 Å². The predicted octanol–water partition coefficient (Wildman–Crippen LogP) is 1.75. The number of nitrogens with zero attached hydrogens (tertiary/aromatic N) is 1. The first-order valence-corrected chi connectivity index (χ1v) is 5.21. The van der Waals surface area contributed by atoms with Crippen LogP contribution in [0.2, 0.25) is 0 Å². The van der Waals surface area contributed by atoms with E-state index in [1.165, 1.54) is 7.11 Å². The van der Waals surface area contributed by atoms with Gasteiger partial charge in [-0.3, -0.25) is 10.1 Å². The average molecular weight is 239 g/mol.